The molecule has 1 aromatic heterocycles. The molecule has 1 amide bonds. The Balaban J connectivity index is 1.53. The molecule has 4 rings (SSSR count). The SMILES string of the molecule is COc1ccc2cc(/C=N\NC(=O)CN(c3cccc4ccccc34)S(C)(=O)=O)c(Cl)nc2c1. The Morgan fingerprint density at radius 1 is 1.12 bits per heavy atom. The first kappa shape index (κ1) is 23.5. The van der Waals surface area contributed by atoms with Crippen molar-refractivity contribution in [3.8, 4) is 5.75 Å². The average molecular weight is 497 g/mol. The lowest BCUT2D eigenvalue weighted by Gasteiger charge is -2.23. The summed E-state index contributed by atoms with van der Waals surface area (Å²) in [5.41, 5.74) is 3.93. The molecule has 0 fully saturated rings. The minimum absolute atomic E-state index is 0.201. The fraction of sp³-hybridized carbons (Fsp3) is 0.125. The highest BCUT2D eigenvalue weighted by Crippen LogP contribution is 2.28. The van der Waals surface area contributed by atoms with Crippen LogP contribution in [0.5, 0.6) is 5.75 Å². The normalized spacial score (nSPS) is 11.7. The van der Waals surface area contributed by atoms with Gasteiger partial charge in [-0.25, -0.2) is 18.8 Å². The van der Waals surface area contributed by atoms with E-state index in [-0.39, 0.29) is 5.15 Å². The molecule has 1 N–H and O–H groups in total. The van der Waals surface area contributed by atoms with Crippen LogP contribution in [-0.4, -0.2) is 45.4 Å². The molecule has 10 heteroatoms. The van der Waals surface area contributed by atoms with E-state index in [1.807, 2.05) is 36.4 Å². The van der Waals surface area contributed by atoms with Crippen LogP contribution in [0.25, 0.3) is 21.7 Å². The number of halogens is 1. The number of nitrogens with one attached hydrogen (secondary N) is 1. The van der Waals surface area contributed by atoms with Crippen molar-refractivity contribution in [1.29, 1.82) is 0 Å². The van der Waals surface area contributed by atoms with Crippen molar-refractivity contribution in [2.45, 2.75) is 0 Å². The van der Waals surface area contributed by atoms with Gasteiger partial charge in [0.15, 0.2) is 0 Å². The van der Waals surface area contributed by atoms with Gasteiger partial charge in [-0.15, -0.1) is 0 Å². The lowest BCUT2D eigenvalue weighted by Crippen LogP contribution is -2.39. The average Bonchev–Trinajstić information content (AvgIpc) is 2.81. The Labute approximate surface area is 201 Å². The topological polar surface area (TPSA) is 101 Å². The lowest BCUT2D eigenvalue weighted by atomic mass is 10.1. The van der Waals surface area contributed by atoms with Crippen molar-refractivity contribution in [2.24, 2.45) is 5.10 Å². The van der Waals surface area contributed by atoms with E-state index in [2.05, 4.69) is 15.5 Å². The van der Waals surface area contributed by atoms with E-state index < -0.39 is 22.5 Å². The zero-order chi connectivity index (χ0) is 24.3. The predicted octanol–water partition coefficient (Wildman–Crippen LogP) is 3.97. The number of aromatic nitrogens is 1. The van der Waals surface area contributed by atoms with Crippen LogP contribution in [0.4, 0.5) is 5.69 Å². The van der Waals surface area contributed by atoms with Gasteiger partial charge in [0, 0.05) is 22.4 Å². The Morgan fingerprint density at radius 3 is 2.65 bits per heavy atom. The second kappa shape index (κ2) is 9.66. The lowest BCUT2D eigenvalue weighted by molar-refractivity contribution is -0.119. The van der Waals surface area contributed by atoms with Crippen molar-refractivity contribution in [3.63, 3.8) is 0 Å². The number of hydrogen-bond donors (Lipinski definition) is 1. The summed E-state index contributed by atoms with van der Waals surface area (Å²) in [5, 5.41) is 6.54. The van der Waals surface area contributed by atoms with E-state index in [0.29, 0.717) is 22.5 Å². The zero-order valence-electron chi connectivity index (χ0n) is 18.4. The summed E-state index contributed by atoms with van der Waals surface area (Å²) < 4.78 is 31.2. The minimum Gasteiger partial charge on any atom is -0.497 e. The molecule has 8 nitrogen and oxygen atoms in total. The van der Waals surface area contributed by atoms with Crippen molar-refractivity contribution in [3.05, 3.63) is 77.4 Å². The molecule has 0 saturated carbocycles. The number of anilines is 1. The van der Waals surface area contributed by atoms with Gasteiger partial charge >= 0.3 is 0 Å². The van der Waals surface area contributed by atoms with E-state index in [1.54, 1.807) is 37.4 Å². The van der Waals surface area contributed by atoms with Gasteiger partial charge in [-0.1, -0.05) is 48.0 Å². The predicted molar refractivity (Wildman–Crippen MR) is 135 cm³/mol. The van der Waals surface area contributed by atoms with Crippen molar-refractivity contribution in [2.75, 3.05) is 24.2 Å². The second-order valence-corrected chi connectivity index (χ2v) is 9.75. The molecule has 0 aliphatic rings. The first-order valence-electron chi connectivity index (χ1n) is 10.2. The van der Waals surface area contributed by atoms with Crippen molar-refractivity contribution < 1.29 is 17.9 Å². The number of sulfonamides is 1. The Hall–Kier alpha value is -3.69. The van der Waals surface area contributed by atoms with Crippen molar-refractivity contribution in [1.82, 2.24) is 10.4 Å². The summed E-state index contributed by atoms with van der Waals surface area (Å²) >= 11 is 6.25. The number of carbonyl (C=O) groups is 1. The molecule has 0 bridgehead atoms. The largest absolute Gasteiger partial charge is 0.497 e. The third-order valence-electron chi connectivity index (χ3n) is 5.12. The maximum Gasteiger partial charge on any atom is 0.260 e. The zero-order valence-corrected chi connectivity index (χ0v) is 20.0. The van der Waals surface area contributed by atoms with Gasteiger partial charge in [0.25, 0.3) is 5.91 Å². The fourth-order valence-electron chi connectivity index (χ4n) is 3.50. The quantitative estimate of drug-likeness (QED) is 0.237. The van der Waals surface area contributed by atoms with Crippen LogP contribution >= 0.6 is 11.6 Å². The number of hydrazone groups is 1. The molecule has 0 spiro atoms. The molecular formula is C24H21ClN4O4S. The Morgan fingerprint density at radius 2 is 1.88 bits per heavy atom. The van der Waals surface area contributed by atoms with Crippen LogP contribution in [-0.2, 0) is 14.8 Å². The summed E-state index contributed by atoms with van der Waals surface area (Å²) in [7, 11) is -2.17. The summed E-state index contributed by atoms with van der Waals surface area (Å²) in [4.78, 5) is 16.9. The molecule has 174 valence electrons. The monoisotopic (exact) mass is 496 g/mol. The van der Waals surface area contributed by atoms with Crippen LogP contribution in [0.2, 0.25) is 5.15 Å². The van der Waals surface area contributed by atoms with Crippen LogP contribution in [0.1, 0.15) is 5.56 Å². The van der Waals surface area contributed by atoms with E-state index >= 15 is 0 Å². The van der Waals surface area contributed by atoms with E-state index in [4.69, 9.17) is 16.3 Å². The van der Waals surface area contributed by atoms with Gasteiger partial charge in [-0.2, -0.15) is 5.10 Å². The Kier molecular flexibility index (Phi) is 6.67. The summed E-state index contributed by atoms with van der Waals surface area (Å²) in [6.45, 7) is -0.437. The molecule has 0 aliphatic carbocycles. The molecule has 0 aliphatic heterocycles. The van der Waals surface area contributed by atoms with Crippen LogP contribution < -0.4 is 14.5 Å². The molecule has 0 saturated heterocycles. The molecular weight excluding hydrogens is 476 g/mol. The van der Waals surface area contributed by atoms with Crippen LogP contribution in [0, 0.1) is 0 Å². The minimum atomic E-state index is -3.74. The van der Waals surface area contributed by atoms with Gasteiger partial charge in [-0.3, -0.25) is 9.10 Å². The molecule has 3 aromatic carbocycles. The molecule has 34 heavy (non-hydrogen) atoms. The fourth-order valence-corrected chi connectivity index (χ4v) is 4.57. The van der Waals surface area contributed by atoms with E-state index in [9.17, 15) is 13.2 Å². The number of nitrogens with zero attached hydrogens (tertiary/aromatic N) is 3. The maximum atomic E-state index is 12.6. The first-order chi connectivity index (χ1) is 16.3. The molecule has 0 radical (unpaired) electrons. The summed E-state index contributed by atoms with van der Waals surface area (Å²) in [6.07, 6.45) is 2.42. The first-order valence-corrected chi connectivity index (χ1v) is 12.4. The smallest absolute Gasteiger partial charge is 0.260 e. The van der Waals surface area contributed by atoms with E-state index in [1.165, 1.54) is 6.21 Å². The number of methoxy groups -OCH3 is 1. The van der Waals surface area contributed by atoms with Gasteiger partial charge in [0.1, 0.15) is 17.4 Å². The van der Waals surface area contributed by atoms with E-state index in [0.717, 1.165) is 26.7 Å². The number of ether oxygens (including phenoxy) is 1. The van der Waals surface area contributed by atoms with Gasteiger partial charge in [0.05, 0.1) is 30.8 Å². The van der Waals surface area contributed by atoms with Crippen LogP contribution in [0.3, 0.4) is 0 Å². The molecule has 1 heterocycles. The number of hydrogen-bond acceptors (Lipinski definition) is 6. The number of amides is 1. The third kappa shape index (κ3) is 5.11. The molecule has 4 aromatic rings. The van der Waals surface area contributed by atoms with Crippen molar-refractivity contribution >= 4 is 61.1 Å². The second-order valence-electron chi connectivity index (χ2n) is 7.49. The highest BCUT2D eigenvalue weighted by Gasteiger charge is 2.22. The number of benzene rings is 3. The molecule has 0 atom stereocenters. The summed E-state index contributed by atoms with van der Waals surface area (Å²) in [5.74, 6) is 0.0515. The standard InChI is InChI=1S/C24H21ClN4O4S/c1-33-19-11-10-17-12-18(24(25)27-21(17)13-19)14-26-28-23(30)15-29(34(2,31)32)22-9-5-7-16-6-3-4-8-20(16)22/h3-14H,15H2,1-2H3,(H,28,30)/b26-14-. The number of carbonyl (C=O) groups excluding carboxylic acids is 1. The highest BCUT2D eigenvalue weighted by molar-refractivity contribution is 7.92. The van der Waals surface area contributed by atoms with Gasteiger partial charge in [0.2, 0.25) is 10.0 Å². The third-order valence-corrected chi connectivity index (χ3v) is 6.55. The number of fused-ring (bicyclic) bond motifs is 2. The van der Waals surface area contributed by atoms with Gasteiger partial charge in [-0.05, 0) is 29.7 Å². The van der Waals surface area contributed by atoms with Gasteiger partial charge < -0.3 is 4.74 Å². The number of pyridine rings is 1. The highest BCUT2D eigenvalue weighted by atomic mass is 35.5. The summed E-state index contributed by atoms with van der Waals surface area (Å²) in [6, 6.07) is 19.8. The molecule has 0 unspecified atom stereocenters. The Bertz CT molecular complexity index is 1520. The maximum absolute atomic E-state index is 12.6. The number of rotatable bonds is 7. The van der Waals surface area contributed by atoms with Crippen LogP contribution in [0.15, 0.2) is 71.8 Å².